The van der Waals surface area contributed by atoms with Crippen molar-refractivity contribution in [1.29, 1.82) is 0 Å². The Morgan fingerprint density at radius 2 is 1.92 bits per heavy atom. The number of aromatic nitrogens is 2. The van der Waals surface area contributed by atoms with Gasteiger partial charge in [0.2, 0.25) is 5.91 Å². The van der Waals surface area contributed by atoms with E-state index in [0.717, 1.165) is 4.57 Å². The number of amides is 1. The molecule has 1 amide bonds. The zero-order valence-corrected chi connectivity index (χ0v) is 15.2. The van der Waals surface area contributed by atoms with Crippen LogP contribution in [0.1, 0.15) is 5.56 Å². The van der Waals surface area contributed by atoms with Crippen LogP contribution in [0.5, 0.6) is 0 Å². The number of carbonyl (C=O) groups excluding carboxylic acids is 1. The van der Waals surface area contributed by atoms with Gasteiger partial charge in [-0.1, -0.05) is 17.7 Å². The quantitative estimate of drug-likeness (QED) is 0.835. The lowest BCUT2D eigenvalue weighted by molar-refractivity contribution is -0.111. The summed E-state index contributed by atoms with van der Waals surface area (Å²) in [5, 5.41) is 3.25. The number of hydrogen-bond donors (Lipinski definition) is 1. The molecule has 1 aromatic carbocycles. The van der Waals surface area contributed by atoms with Gasteiger partial charge < -0.3 is 14.8 Å². The minimum atomic E-state index is -0.469. The summed E-state index contributed by atoms with van der Waals surface area (Å²) in [5.41, 5.74) is 0.577. The highest BCUT2D eigenvalue weighted by atomic mass is 35.5. The summed E-state index contributed by atoms with van der Waals surface area (Å²) in [6.45, 7) is 0. The highest BCUT2D eigenvalue weighted by Gasteiger charge is 2.11. The van der Waals surface area contributed by atoms with Crippen LogP contribution in [0, 0.1) is 0 Å². The predicted molar refractivity (Wildman–Crippen MR) is 100 cm³/mol. The molecule has 0 bridgehead atoms. The van der Waals surface area contributed by atoms with Crippen molar-refractivity contribution in [1.82, 2.24) is 9.13 Å². The van der Waals surface area contributed by atoms with Crippen LogP contribution in [-0.4, -0.2) is 29.1 Å². The summed E-state index contributed by atoms with van der Waals surface area (Å²) in [6, 6.07) is 5.20. The molecule has 0 aliphatic carbocycles. The summed E-state index contributed by atoms with van der Waals surface area (Å²) in [6.07, 6.45) is 4.00. The van der Waals surface area contributed by atoms with Crippen molar-refractivity contribution in [2.75, 3.05) is 24.3 Å². The molecule has 1 heterocycles. The Kier molecular flexibility index (Phi) is 5.48. The summed E-state index contributed by atoms with van der Waals surface area (Å²) >= 11 is 6.16. The molecular weight excluding hydrogens is 344 g/mol. The maximum Gasteiger partial charge on any atom is 0.330 e. The number of nitrogens with zero attached hydrogens (tertiary/aromatic N) is 3. The van der Waals surface area contributed by atoms with Gasteiger partial charge in [-0.25, -0.2) is 4.79 Å². The largest absolute Gasteiger partial charge is 0.375 e. The van der Waals surface area contributed by atoms with Gasteiger partial charge in [0.25, 0.3) is 5.56 Å². The van der Waals surface area contributed by atoms with Crippen molar-refractivity contribution in [2.24, 2.45) is 14.1 Å². The molecule has 1 aromatic heterocycles. The van der Waals surface area contributed by atoms with Crippen LogP contribution >= 0.6 is 11.6 Å². The molecule has 0 aliphatic heterocycles. The van der Waals surface area contributed by atoms with Gasteiger partial charge in [0.05, 0.1) is 22.0 Å². The van der Waals surface area contributed by atoms with E-state index < -0.39 is 17.2 Å². The molecule has 0 aliphatic rings. The molecule has 2 rings (SSSR count). The molecule has 25 heavy (non-hydrogen) atoms. The van der Waals surface area contributed by atoms with E-state index in [0.29, 0.717) is 16.4 Å². The fourth-order valence-electron chi connectivity index (χ4n) is 2.36. The fourth-order valence-corrected chi connectivity index (χ4v) is 2.70. The van der Waals surface area contributed by atoms with Crippen molar-refractivity contribution >= 4 is 35.0 Å². The minimum Gasteiger partial charge on any atom is -0.375 e. The first kappa shape index (κ1) is 18.5. The maximum absolute atomic E-state index is 12.2. The van der Waals surface area contributed by atoms with Crippen LogP contribution in [0.2, 0.25) is 5.02 Å². The third-order valence-electron chi connectivity index (χ3n) is 3.58. The zero-order valence-electron chi connectivity index (χ0n) is 14.4. The number of carbonyl (C=O) groups is 1. The molecule has 8 heteroatoms. The smallest absolute Gasteiger partial charge is 0.330 e. The van der Waals surface area contributed by atoms with Crippen LogP contribution in [-0.2, 0) is 18.9 Å². The van der Waals surface area contributed by atoms with Crippen molar-refractivity contribution in [3.8, 4) is 0 Å². The number of aryl methyl sites for hydroxylation is 1. The summed E-state index contributed by atoms with van der Waals surface area (Å²) in [4.78, 5) is 37.7. The number of rotatable bonds is 4. The normalized spacial score (nSPS) is 10.9. The SMILES string of the molecule is CN(C)c1c(Cl)cccc1NC(=O)/C=C\c1cn(C)c(=O)n(C)c1=O. The van der Waals surface area contributed by atoms with E-state index in [2.05, 4.69) is 5.32 Å². The van der Waals surface area contributed by atoms with Gasteiger partial charge in [-0.15, -0.1) is 0 Å². The molecular formula is C17H19ClN4O3. The second-order valence-electron chi connectivity index (χ2n) is 5.70. The Morgan fingerprint density at radius 1 is 1.24 bits per heavy atom. The molecule has 0 unspecified atom stereocenters. The third kappa shape index (κ3) is 4.00. The molecule has 2 aromatic rings. The molecule has 0 saturated heterocycles. The molecule has 0 radical (unpaired) electrons. The maximum atomic E-state index is 12.2. The number of anilines is 2. The lowest BCUT2D eigenvalue weighted by Crippen LogP contribution is -2.37. The van der Waals surface area contributed by atoms with E-state index in [1.165, 1.54) is 37.0 Å². The summed E-state index contributed by atoms with van der Waals surface area (Å²) in [7, 11) is 6.56. The van der Waals surface area contributed by atoms with Gasteiger partial charge in [0.1, 0.15) is 0 Å². The second-order valence-corrected chi connectivity index (χ2v) is 6.10. The molecule has 0 atom stereocenters. The van der Waals surface area contributed by atoms with Crippen LogP contribution < -0.4 is 21.5 Å². The summed E-state index contributed by atoms with van der Waals surface area (Å²) < 4.78 is 2.26. The molecule has 0 fully saturated rings. The minimum absolute atomic E-state index is 0.235. The molecule has 0 saturated carbocycles. The van der Waals surface area contributed by atoms with E-state index in [1.807, 2.05) is 14.1 Å². The lowest BCUT2D eigenvalue weighted by Gasteiger charge is -2.18. The molecule has 0 spiro atoms. The van der Waals surface area contributed by atoms with Crippen LogP contribution in [0.4, 0.5) is 11.4 Å². The van der Waals surface area contributed by atoms with E-state index in [9.17, 15) is 14.4 Å². The van der Waals surface area contributed by atoms with Gasteiger partial charge in [-0.05, 0) is 18.2 Å². The summed E-state index contributed by atoms with van der Waals surface area (Å²) in [5.74, 6) is -0.415. The molecule has 132 valence electrons. The Hall–Kier alpha value is -2.80. The van der Waals surface area contributed by atoms with Crippen LogP contribution in [0.3, 0.4) is 0 Å². The number of benzene rings is 1. The number of nitrogens with one attached hydrogen (secondary N) is 1. The van der Waals surface area contributed by atoms with E-state index in [-0.39, 0.29) is 5.56 Å². The van der Waals surface area contributed by atoms with Crippen LogP contribution in [0.25, 0.3) is 6.08 Å². The topological polar surface area (TPSA) is 76.3 Å². The first-order chi connectivity index (χ1) is 11.7. The van der Waals surface area contributed by atoms with Crippen molar-refractivity contribution < 1.29 is 4.79 Å². The van der Waals surface area contributed by atoms with Gasteiger partial charge in [-0.3, -0.25) is 14.2 Å². The van der Waals surface area contributed by atoms with E-state index >= 15 is 0 Å². The van der Waals surface area contributed by atoms with Gasteiger partial charge in [-0.2, -0.15) is 0 Å². The highest BCUT2D eigenvalue weighted by molar-refractivity contribution is 6.34. The standard InChI is InChI=1S/C17H19ClN4O3/c1-20(2)15-12(18)6-5-7-13(15)19-14(23)9-8-11-10-21(3)17(25)22(4)16(11)24/h5-10H,1-4H3,(H,19,23)/b9-8-. The third-order valence-corrected chi connectivity index (χ3v) is 3.88. The average molecular weight is 363 g/mol. The Morgan fingerprint density at radius 3 is 2.56 bits per heavy atom. The molecule has 1 N–H and O–H groups in total. The Labute approximate surface area is 149 Å². The average Bonchev–Trinajstić information content (AvgIpc) is 2.54. The number of hydrogen-bond acceptors (Lipinski definition) is 4. The first-order valence-electron chi connectivity index (χ1n) is 7.44. The van der Waals surface area contributed by atoms with Gasteiger partial charge >= 0.3 is 5.69 Å². The van der Waals surface area contributed by atoms with Gasteiger partial charge in [0, 0.05) is 40.5 Å². The van der Waals surface area contributed by atoms with Crippen molar-refractivity contribution in [2.45, 2.75) is 0 Å². The number of halogens is 1. The van der Waals surface area contributed by atoms with Crippen molar-refractivity contribution in [3.63, 3.8) is 0 Å². The Bertz CT molecular complexity index is 957. The highest BCUT2D eigenvalue weighted by Crippen LogP contribution is 2.32. The predicted octanol–water partition coefficient (Wildman–Crippen LogP) is 1.46. The zero-order chi connectivity index (χ0) is 18.7. The molecule has 7 nitrogen and oxygen atoms in total. The van der Waals surface area contributed by atoms with Crippen molar-refractivity contribution in [3.05, 3.63) is 61.9 Å². The van der Waals surface area contributed by atoms with Crippen LogP contribution in [0.15, 0.2) is 40.1 Å². The lowest BCUT2D eigenvalue weighted by atomic mass is 10.2. The second kappa shape index (κ2) is 7.40. The Balaban J connectivity index is 2.28. The number of para-hydroxylation sites is 1. The fraction of sp³-hybridized carbons (Fsp3) is 0.235. The monoisotopic (exact) mass is 362 g/mol. The van der Waals surface area contributed by atoms with Gasteiger partial charge in [0.15, 0.2) is 0 Å². The first-order valence-corrected chi connectivity index (χ1v) is 7.81. The van der Waals surface area contributed by atoms with E-state index in [4.69, 9.17) is 11.6 Å². The van der Waals surface area contributed by atoms with E-state index in [1.54, 1.807) is 23.1 Å².